The van der Waals surface area contributed by atoms with Crippen LogP contribution in [0.1, 0.15) is 59.7 Å². The lowest BCUT2D eigenvalue weighted by Gasteiger charge is -2.27. The molecule has 41 heavy (non-hydrogen) atoms. The van der Waals surface area contributed by atoms with E-state index in [2.05, 4.69) is 11.6 Å². The van der Waals surface area contributed by atoms with Crippen LogP contribution in [0.25, 0.3) is 16.8 Å². The van der Waals surface area contributed by atoms with Crippen molar-refractivity contribution in [2.75, 3.05) is 0 Å². The molecule has 1 fully saturated rings. The molecule has 0 radical (unpaired) electrons. The summed E-state index contributed by atoms with van der Waals surface area (Å²) in [5.41, 5.74) is -2.61. The molecule has 2 aromatic carbocycles. The van der Waals surface area contributed by atoms with E-state index in [0.717, 1.165) is 12.1 Å². The van der Waals surface area contributed by atoms with Crippen molar-refractivity contribution in [3.8, 4) is 11.3 Å². The maximum absolute atomic E-state index is 13.6. The van der Waals surface area contributed by atoms with E-state index in [0.29, 0.717) is 29.1 Å². The van der Waals surface area contributed by atoms with E-state index in [1.54, 1.807) is 25.1 Å². The summed E-state index contributed by atoms with van der Waals surface area (Å²) in [5, 5.41) is 0. The molecular weight excluding hydrogens is 563 g/mol. The van der Waals surface area contributed by atoms with Crippen molar-refractivity contribution in [2.45, 2.75) is 57.3 Å². The summed E-state index contributed by atoms with van der Waals surface area (Å²) in [5.74, 6) is -1.69. The van der Waals surface area contributed by atoms with Crippen molar-refractivity contribution in [3.05, 3.63) is 94.7 Å². The van der Waals surface area contributed by atoms with Crippen LogP contribution in [-0.4, -0.2) is 21.8 Å². The molecule has 0 bridgehead atoms. The minimum absolute atomic E-state index is 0.00367. The summed E-state index contributed by atoms with van der Waals surface area (Å²) in [6.07, 6.45) is -15.3. The Labute approximate surface area is 229 Å². The van der Waals surface area contributed by atoms with Gasteiger partial charge in [-0.1, -0.05) is 18.7 Å². The lowest BCUT2D eigenvalue weighted by Crippen LogP contribution is -2.32. The molecule has 0 saturated carbocycles. The molecule has 3 nitrogen and oxygen atoms in total. The number of hydrogen-bond acceptors (Lipinski definition) is 2. The van der Waals surface area contributed by atoms with Crippen molar-refractivity contribution in [2.24, 2.45) is 0 Å². The van der Waals surface area contributed by atoms with E-state index in [9.17, 15) is 44.3 Å². The van der Waals surface area contributed by atoms with Gasteiger partial charge in [0.15, 0.2) is 0 Å². The number of nitrogens with zero attached hydrogens (tertiary/aromatic N) is 2. The number of alkyl halides is 9. The number of allylic oxidation sites excluding steroid dienone is 1. The smallest absolute Gasteiger partial charge is 0.335 e. The van der Waals surface area contributed by atoms with E-state index in [4.69, 9.17) is 0 Å². The maximum atomic E-state index is 13.6. The summed E-state index contributed by atoms with van der Waals surface area (Å²) >= 11 is 0. The molecule has 0 aliphatic carbocycles. The van der Waals surface area contributed by atoms with Crippen LogP contribution >= 0.6 is 0 Å². The Morgan fingerprint density at radius 1 is 0.878 bits per heavy atom. The topological polar surface area (TPSA) is 33.2 Å². The van der Waals surface area contributed by atoms with Gasteiger partial charge in [-0.15, -0.1) is 0 Å². The Bertz CT molecular complexity index is 1460. The minimum atomic E-state index is -5.07. The quantitative estimate of drug-likeness (QED) is 0.280. The first-order valence-electron chi connectivity index (χ1n) is 12.3. The van der Waals surface area contributed by atoms with Crippen molar-refractivity contribution in [3.63, 3.8) is 0 Å². The molecule has 218 valence electrons. The summed E-state index contributed by atoms with van der Waals surface area (Å²) < 4.78 is 121. The van der Waals surface area contributed by atoms with E-state index in [-0.39, 0.29) is 29.3 Å². The van der Waals surface area contributed by atoms with Gasteiger partial charge in [-0.2, -0.15) is 39.5 Å². The Morgan fingerprint density at radius 3 is 2.00 bits per heavy atom. The predicted octanol–water partition coefficient (Wildman–Crippen LogP) is 8.74. The summed E-state index contributed by atoms with van der Waals surface area (Å²) in [6.45, 7) is 6.57. The van der Waals surface area contributed by atoms with Gasteiger partial charge in [0.25, 0.3) is 0 Å². The van der Waals surface area contributed by atoms with Crippen molar-refractivity contribution >= 4 is 11.5 Å². The fourth-order valence-corrected chi connectivity index (χ4v) is 4.90. The number of likely N-dealkylation sites (tertiary alicyclic amines) is 1. The molecule has 1 aliphatic rings. The first-order chi connectivity index (χ1) is 18.9. The van der Waals surface area contributed by atoms with Crippen molar-refractivity contribution in [1.29, 1.82) is 0 Å². The summed E-state index contributed by atoms with van der Waals surface area (Å²) in [7, 11) is 0. The molecule has 4 rings (SSSR count). The van der Waals surface area contributed by atoms with Crippen LogP contribution in [0.2, 0.25) is 0 Å². The van der Waals surface area contributed by atoms with Gasteiger partial charge >= 0.3 is 18.5 Å². The van der Waals surface area contributed by atoms with Gasteiger partial charge in [0.2, 0.25) is 5.91 Å². The fraction of sp³-hybridized carbons (Fsp3) is 0.310. The van der Waals surface area contributed by atoms with E-state index in [1.165, 1.54) is 17.9 Å². The lowest BCUT2D eigenvalue weighted by atomic mass is 9.89. The molecule has 1 saturated heterocycles. The third-order valence-electron chi connectivity index (χ3n) is 7.06. The van der Waals surface area contributed by atoms with Gasteiger partial charge in [-0.3, -0.25) is 4.79 Å². The molecule has 3 aromatic rings. The first kappa shape index (κ1) is 30.1. The first-order valence-corrected chi connectivity index (χ1v) is 12.3. The maximum Gasteiger partial charge on any atom is 0.416 e. The standard InChI is InChI=1S/C29H23F9N2O/c1-15(2)24-5-4-6-25(39-24)22-8-7-19(27(30,31)32)11-18(22)14-40-16(3)23(13-26(40)41)17-9-20(28(33,34)35)12-21(10-17)29(36,37)38/h4-12,16,23H,1,13-14H2,2-3H3/t16-,23-/m0/s1. The van der Waals surface area contributed by atoms with Crippen LogP contribution in [0.15, 0.2) is 61.2 Å². The Balaban J connectivity index is 1.76. The van der Waals surface area contributed by atoms with Gasteiger partial charge < -0.3 is 4.90 Å². The molecule has 2 heterocycles. The highest BCUT2D eigenvalue weighted by molar-refractivity contribution is 5.81. The zero-order chi connectivity index (χ0) is 30.5. The lowest BCUT2D eigenvalue weighted by molar-refractivity contribution is -0.143. The molecule has 1 aliphatic heterocycles. The van der Waals surface area contributed by atoms with Crippen molar-refractivity contribution in [1.82, 2.24) is 9.88 Å². The number of halogens is 9. The number of carbonyl (C=O) groups is 1. The Morgan fingerprint density at radius 2 is 1.46 bits per heavy atom. The van der Waals surface area contributed by atoms with Gasteiger partial charge in [-0.05, 0) is 73.0 Å². The minimum Gasteiger partial charge on any atom is -0.335 e. The van der Waals surface area contributed by atoms with Crippen LogP contribution in [0.5, 0.6) is 0 Å². The zero-order valence-corrected chi connectivity index (χ0v) is 21.7. The monoisotopic (exact) mass is 586 g/mol. The number of rotatable bonds is 5. The average molecular weight is 586 g/mol. The van der Waals surface area contributed by atoms with Crippen LogP contribution in [-0.2, 0) is 29.9 Å². The molecule has 2 atom stereocenters. The summed E-state index contributed by atoms with van der Waals surface area (Å²) in [4.78, 5) is 18.6. The van der Waals surface area contributed by atoms with Gasteiger partial charge in [0, 0.05) is 30.5 Å². The number of benzene rings is 2. The number of carbonyl (C=O) groups excluding carboxylic acids is 1. The summed E-state index contributed by atoms with van der Waals surface area (Å²) in [6, 6.07) is 8.05. The molecule has 1 amide bonds. The molecular formula is C29H23F9N2O. The van der Waals surface area contributed by atoms with E-state index in [1.807, 2.05) is 0 Å². The number of amides is 1. The van der Waals surface area contributed by atoms with Crippen LogP contribution in [0, 0.1) is 0 Å². The predicted molar refractivity (Wildman–Crippen MR) is 133 cm³/mol. The molecule has 0 unspecified atom stereocenters. The van der Waals surface area contributed by atoms with E-state index < -0.39 is 59.5 Å². The second kappa shape index (κ2) is 10.5. The third kappa shape index (κ3) is 6.41. The number of aromatic nitrogens is 1. The second-order valence-electron chi connectivity index (χ2n) is 9.97. The highest BCUT2D eigenvalue weighted by Gasteiger charge is 2.42. The second-order valence-corrected chi connectivity index (χ2v) is 9.97. The van der Waals surface area contributed by atoms with Gasteiger partial charge in [-0.25, -0.2) is 4.98 Å². The zero-order valence-electron chi connectivity index (χ0n) is 21.7. The number of hydrogen-bond donors (Lipinski definition) is 0. The van der Waals surface area contributed by atoms with Crippen LogP contribution in [0.4, 0.5) is 39.5 Å². The largest absolute Gasteiger partial charge is 0.416 e. The molecule has 0 N–H and O–H groups in total. The third-order valence-corrected chi connectivity index (χ3v) is 7.06. The normalized spacial score (nSPS) is 18.2. The van der Waals surface area contributed by atoms with Gasteiger partial charge in [0.05, 0.1) is 28.1 Å². The van der Waals surface area contributed by atoms with E-state index >= 15 is 0 Å². The molecule has 12 heteroatoms. The van der Waals surface area contributed by atoms with Crippen LogP contribution < -0.4 is 0 Å². The Hall–Kier alpha value is -3.83. The highest BCUT2D eigenvalue weighted by Crippen LogP contribution is 2.42. The average Bonchev–Trinajstić information content (AvgIpc) is 3.15. The van der Waals surface area contributed by atoms with Crippen LogP contribution in [0.3, 0.4) is 0 Å². The fourth-order valence-electron chi connectivity index (χ4n) is 4.90. The highest BCUT2D eigenvalue weighted by atomic mass is 19.4. The molecule has 0 spiro atoms. The Kier molecular flexibility index (Phi) is 7.74. The molecule has 1 aromatic heterocycles. The number of pyridine rings is 1. The van der Waals surface area contributed by atoms with Crippen molar-refractivity contribution < 1.29 is 44.3 Å². The van der Waals surface area contributed by atoms with Gasteiger partial charge in [0.1, 0.15) is 0 Å². The SMILES string of the molecule is C=C(C)c1cccc(-c2ccc(C(F)(F)F)cc2CN2C(=O)C[C@H](c3cc(C(F)(F)F)cc(C(F)(F)F)c3)[C@@H]2C)n1.